The van der Waals surface area contributed by atoms with Gasteiger partial charge < -0.3 is 92.3 Å². The van der Waals surface area contributed by atoms with E-state index in [1.54, 1.807) is 12.1 Å². The molecule has 0 spiro atoms. The first-order chi connectivity index (χ1) is 41.0. The van der Waals surface area contributed by atoms with Crippen molar-refractivity contribution in [3.63, 3.8) is 0 Å². The Balaban J connectivity index is 1.14. The molecule has 0 saturated carbocycles. The fraction of sp³-hybridized carbons (Fsp3) is 0.169. The topological polar surface area (TPSA) is 393 Å². The summed E-state index contributed by atoms with van der Waals surface area (Å²) in [4.78, 5) is 103. The number of aromatic hydroxyl groups is 6. The summed E-state index contributed by atoms with van der Waals surface area (Å²) in [7, 11) is 1.46. The second-order valence-electron chi connectivity index (χ2n) is 20.3. The summed E-state index contributed by atoms with van der Waals surface area (Å²) in [5.74, 6) is -14.7. The monoisotopic (exact) mass is 1210 g/mol. The van der Waals surface area contributed by atoms with Gasteiger partial charge in [-0.05, 0) is 119 Å². The first-order valence-corrected chi connectivity index (χ1v) is 26.7. The number of carbonyl (C=O) groups excluding carboxylic acids is 6. The van der Waals surface area contributed by atoms with Crippen LogP contribution < -0.4 is 51.4 Å². The molecule has 17 bridgehead atoms. The number of likely N-dealkylation sites (N-methyl/N-ethyl adjacent to an activating group) is 1. The molecule has 0 saturated heterocycles. The highest BCUT2D eigenvalue weighted by atomic mass is 35.5. The number of amides is 6. The van der Waals surface area contributed by atoms with Gasteiger partial charge in [-0.3, -0.25) is 28.8 Å². The number of nitrogens with one attached hydrogen (secondary N) is 7. The minimum absolute atomic E-state index is 0.0482. The Morgan fingerprint density at radius 1 is 0.512 bits per heavy atom. The number of carboxylic acids is 1. The molecular formula is C59H47Cl2N7O18. The normalized spacial score (nSPS) is 21.9. The molecule has 13 rings (SSSR count). The van der Waals surface area contributed by atoms with Crippen molar-refractivity contribution in [1.82, 2.24) is 37.2 Å². The number of rotatable bonds is 2. The fourth-order valence-electron chi connectivity index (χ4n) is 10.4. The molecule has 7 aromatic rings. The van der Waals surface area contributed by atoms with Crippen LogP contribution in [0.2, 0.25) is 10.0 Å². The van der Waals surface area contributed by atoms with Crippen LogP contribution in [-0.2, 0) is 40.0 Å². The van der Waals surface area contributed by atoms with E-state index >= 15 is 14.4 Å². The molecule has 27 heteroatoms. The maximum absolute atomic E-state index is 15.7. The number of halogens is 2. The van der Waals surface area contributed by atoms with E-state index in [1.165, 1.54) is 49.5 Å². The zero-order valence-corrected chi connectivity index (χ0v) is 45.7. The quantitative estimate of drug-likeness (QED) is 0.105. The number of aliphatic hydroxyl groups is 1. The Bertz CT molecular complexity index is 4040. The standard InChI is InChI=1S/C59H47Cl2N7O18/c1-62-44-24-5-10-36(71)39(16-24)86-40-17-26(15-33(61)51(40)74)46-56(79)66-47-27-18-41(84-29-7-2-22(3-8-29)12-34(53(76)64-46)63-54(44)77)52(75)42(19-27)85-38-11-6-25(14-32(38)60)50(73)49-58(81)67-48(59(82)83)31-20-28(69)21-37(72)43(31)30-13-23(4-9-35(30)70)45(55(78)68-49)65-57(47)80/h2-11,13-21,34,44-50,62,69-75H,12H2,1H3,(H,63,77)(H,64,76)(H,65,80)(H,66,79)(H,67,81)(H,68,78)(H,82,83)/t34-,44-,45-,46?,47-,48+,49+,50-/m1/s1. The molecule has 8 atom stereocenters. The lowest BCUT2D eigenvalue weighted by molar-refractivity contribution is -0.143. The van der Waals surface area contributed by atoms with E-state index in [2.05, 4.69) is 37.2 Å². The summed E-state index contributed by atoms with van der Waals surface area (Å²) in [5.41, 5.74) is -1.70. The highest BCUT2D eigenvalue weighted by molar-refractivity contribution is 6.32. The summed E-state index contributed by atoms with van der Waals surface area (Å²) in [6, 6.07) is 9.50. The molecule has 6 amide bonds. The molecule has 7 aromatic carbocycles. The van der Waals surface area contributed by atoms with Gasteiger partial charge in [0.15, 0.2) is 40.5 Å². The maximum atomic E-state index is 15.7. The third-order valence-electron chi connectivity index (χ3n) is 14.8. The molecule has 1 unspecified atom stereocenters. The van der Waals surface area contributed by atoms with Crippen LogP contribution in [0, 0.1) is 0 Å². The summed E-state index contributed by atoms with van der Waals surface area (Å²) < 4.78 is 18.5. The number of hydrogen-bond donors (Lipinski definition) is 15. The number of carboxylic acid groups (broad SMARTS) is 1. The lowest BCUT2D eigenvalue weighted by Gasteiger charge is -2.31. The van der Waals surface area contributed by atoms with Gasteiger partial charge in [0.1, 0.15) is 71.1 Å². The van der Waals surface area contributed by atoms with Gasteiger partial charge in [-0.2, -0.15) is 0 Å². The Labute approximate surface area is 494 Å². The van der Waals surface area contributed by atoms with Crippen molar-refractivity contribution in [2.24, 2.45) is 0 Å². The van der Waals surface area contributed by atoms with Crippen LogP contribution >= 0.6 is 23.2 Å². The summed E-state index contributed by atoms with van der Waals surface area (Å²) in [5, 5.41) is 108. The number of ether oxygens (including phenoxy) is 3. The van der Waals surface area contributed by atoms with Crippen molar-refractivity contribution in [3.05, 3.63) is 164 Å². The maximum Gasteiger partial charge on any atom is 0.330 e. The lowest BCUT2D eigenvalue weighted by Crippen LogP contribution is -2.55. The second-order valence-corrected chi connectivity index (χ2v) is 21.1. The Morgan fingerprint density at radius 3 is 1.76 bits per heavy atom. The first-order valence-electron chi connectivity index (χ1n) is 26.0. The number of aliphatic carboxylic acids is 1. The van der Waals surface area contributed by atoms with Crippen LogP contribution in [-0.4, -0.2) is 101 Å². The van der Waals surface area contributed by atoms with E-state index in [4.69, 9.17) is 37.4 Å². The van der Waals surface area contributed by atoms with Crippen LogP contribution in [0.4, 0.5) is 0 Å². The van der Waals surface area contributed by atoms with Gasteiger partial charge >= 0.3 is 5.97 Å². The van der Waals surface area contributed by atoms with Gasteiger partial charge in [0, 0.05) is 29.2 Å². The van der Waals surface area contributed by atoms with Crippen LogP contribution in [0.5, 0.6) is 69.0 Å². The van der Waals surface area contributed by atoms with Crippen molar-refractivity contribution >= 4 is 64.6 Å². The van der Waals surface area contributed by atoms with Gasteiger partial charge in [-0.1, -0.05) is 53.5 Å². The lowest BCUT2D eigenvalue weighted by atomic mass is 9.89. The molecular weight excluding hydrogens is 1170 g/mol. The van der Waals surface area contributed by atoms with Crippen molar-refractivity contribution < 1.29 is 88.6 Å². The molecule has 25 nitrogen and oxygen atoms in total. The molecule has 0 aromatic heterocycles. The number of hydrogen-bond acceptors (Lipinski definition) is 18. The summed E-state index contributed by atoms with van der Waals surface area (Å²) in [6.45, 7) is 0. The smallest absolute Gasteiger partial charge is 0.330 e. The van der Waals surface area contributed by atoms with E-state index in [1.807, 2.05) is 0 Å². The van der Waals surface area contributed by atoms with Crippen molar-refractivity contribution in [2.75, 3.05) is 7.05 Å². The Morgan fingerprint density at radius 2 is 1.08 bits per heavy atom. The van der Waals surface area contributed by atoms with E-state index in [9.17, 15) is 60.0 Å². The van der Waals surface area contributed by atoms with Gasteiger partial charge in [0.05, 0.1) is 10.0 Å². The van der Waals surface area contributed by atoms with Crippen LogP contribution in [0.15, 0.2) is 115 Å². The molecule has 6 aliphatic heterocycles. The van der Waals surface area contributed by atoms with E-state index < -0.39 is 163 Å². The zero-order chi connectivity index (χ0) is 61.2. The van der Waals surface area contributed by atoms with E-state index in [0.717, 1.165) is 60.7 Å². The highest BCUT2D eigenvalue weighted by Crippen LogP contribution is 2.48. The first kappa shape index (κ1) is 57.4. The Hall–Kier alpha value is -10.5. The highest BCUT2D eigenvalue weighted by Gasteiger charge is 2.41. The van der Waals surface area contributed by atoms with Gasteiger partial charge in [-0.15, -0.1) is 0 Å². The third-order valence-corrected chi connectivity index (χ3v) is 15.3. The van der Waals surface area contributed by atoms with E-state index in [-0.39, 0.29) is 56.5 Å². The average molecular weight is 1210 g/mol. The summed E-state index contributed by atoms with van der Waals surface area (Å²) in [6.07, 6.45) is -2.36. The molecule has 6 aliphatic rings. The minimum atomic E-state index is -2.19. The number of phenols is 6. The molecule has 15 N–H and O–H groups in total. The predicted molar refractivity (Wildman–Crippen MR) is 300 cm³/mol. The Kier molecular flexibility index (Phi) is 15.1. The second kappa shape index (κ2) is 22.6. The third kappa shape index (κ3) is 10.9. The molecule has 0 radical (unpaired) electrons. The zero-order valence-electron chi connectivity index (χ0n) is 44.2. The number of phenolic OH excluding ortho intramolecular Hbond substituents is 6. The van der Waals surface area contributed by atoms with Gasteiger partial charge in [-0.25, -0.2) is 4.79 Å². The van der Waals surface area contributed by atoms with Gasteiger partial charge in [0.2, 0.25) is 41.2 Å². The van der Waals surface area contributed by atoms with E-state index in [0.29, 0.717) is 5.56 Å². The average Bonchev–Trinajstić information content (AvgIpc) is 0.999. The SMILES string of the molecule is CN[C@H]1C(=O)N[C@@H]2Cc3ccc(cc3)Oc3cc4cc(c3O)Oc3ccc(cc3Cl)[C@@H](O)[C@@H]3NC(=O)[C@H](NC(=O)[C@@H]4NC(=O)C(NC2=O)c2cc(Cl)c(O)c(c2)Oc2cc1ccc2O)c1ccc(O)c(c1)-c1c(O)cc(O)cc1[C@@H](C(=O)O)NC3=O. The largest absolute Gasteiger partial charge is 0.508 e. The predicted octanol–water partition coefficient (Wildman–Crippen LogP) is 5.25. The molecule has 86 heavy (non-hydrogen) atoms. The molecule has 0 fully saturated rings. The number of benzene rings is 7. The van der Waals surface area contributed by atoms with Crippen LogP contribution in [0.25, 0.3) is 11.1 Å². The molecule has 440 valence electrons. The molecule has 0 aliphatic carbocycles. The van der Waals surface area contributed by atoms with Crippen LogP contribution in [0.1, 0.15) is 75.3 Å². The minimum Gasteiger partial charge on any atom is -0.508 e. The number of carbonyl (C=O) groups is 7. The number of fused-ring (bicyclic) bond motifs is 14. The van der Waals surface area contributed by atoms with Crippen molar-refractivity contribution in [3.8, 4) is 80.1 Å². The van der Waals surface area contributed by atoms with Gasteiger partial charge in [0.25, 0.3) is 0 Å². The fourth-order valence-corrected chi connectivity index (χ4v) is 10.9. The van der Waals surface area contributed by atoms with Crippen molar-refractivity contribution in [2.45, 2.75) is 54.8 Å². The van der Waals surface area contributed by atoms with Crippen molar-refractivity contribution in [1.29, 1.82) is 0 Å². The molecule has 6 heterocycles. The van der Waals surface area contributed by atoms with Crippen LogP contribution in [0.3, 0.4) is 0 Å². The number of aliphatic hydroxyl groups excluding tert-OH is 1. The summed E-state index contributed by atoms with van der Waals surface area (Å²) >= 11 is 13.5.